The Morgan fingerprint density at radius 2 is 1.90 bits per heavy atom. The molecule has 0 aliphatic rings. The standard InChI is InChI=1S/C17H21NO3/c1-10(2)18-8-12(9-19)13-6-11(16(20)21)7-14(15(13)18)17(3,4)5/h6-10H,1-5H3,(H,20,21). The number of aldehydes is 1. The highest BCUT2D eigenvalue weighted by molar-refractivity contribution is 6.03. The maximum atomic E-state index is 11.4. The van der Waals surface area contributed by atoms with E-state index in [4.69, 9.17) is 0 Å². The molecule has 0 saturated heterocycles. The molecule has 2 rings (SSSR count). The molecular weight excluding hydrogens is 266 g/mol. The number of carboxylic acid groups (broad SMARTS) is 1. The van der Waals surface area contributed by atoms with Crippen LogP contribution in [-0.4, -0.2) is 21.9 Å². The lowest BCUT2D eigenvalue weighted by atomic mass is 9.84. The van der Waals surface area contributed by atoms with Gasteiger partial charge in [-0.05, 0) is 37.0 Å². The number of benzene rings is 1. The molecule has 0 spiro atoms. The Morgan fingerprint density at radius 3 is 2.33 bits per heavy atom. The van der Waals surface area contributed by atoms with Crippen molar-refractivity contribution in [2.45, 2.75) is 46.1 Å². The first kappa shape index (κ1) is 15.3. The van der Waals surface area contributed by atoms with Crippen LogP contribution in [-0.2, 0) is 5.41 Å². The average Bonchev–Trinajstić information content (AvgIpc) is 2.74. The van der Waals surface area contributed by atoms with Crippen LogP contribution in [0.15, 0.2) is 18.3 Å². The van der Waals surface area contributed by atoms with Crippen LogP contribution in [0.25, 0.3) is 10.9 Å². The summed E-state index contributed by atoms with van der Waals surface area (Å²) in [6.45, 7) is 10.2. The van der Waals surface area contributed by atoms with E-state index in [9.17, 15) is 14.7 Å². The number of hydrogen-bond acceptors (Lipinski definition) is 2. The van der Waals surface area contributed by atoms with E-state index in [0.717, 1.165) is 17.4 Å². The zero-order valence-electron chi connectivity index (χ0n) is 13.1. The molecule has 0 aliphatic heterocycles. The van der Waals surface area contributed by atoms with Crippen LogP contribution < -0.4 is 0 Å². The monoisotopic (exact) mass is 287 g/mol. The van der Waals surface area contributed by atoms with Gasteiger partial charge in [0.25, 0.3) is 0 Å². The molecule has 1 aromatic heterocycles. The third kappa shape index (κ3) is 2.58. The van der Waals surface area contributed by atoms with Crippen molar-refractivity contribution in [3.05, 3.63) is 35.0 Å². The number of carbonyl (C=O) groups is 2. The fourth-order valence-corrected chi connectivity index (χ4v) is 2.61. The normalized spacial score (nSPS) is 12.1. The number of aromatic carboxylic acids is 1. The second-order valence-corrected chi connectivity index (χ2v) is 6.68. The SMILES string of the molecule is CC(C)n1cc(C=O)c2cc(C(=O)O)cc(C(C)(C)C)c21. The maximum absolute atomic E-state index is 11.4. The van der Waals surface area contributed by atoms with Gasteiger partial charge in [-0.1, -0.05) is 20.8 Å². The molecule has 21 heavy (non-hydrogen) atoms. The molecule has 4 heteroatoms. The van der Waals surface area contributed by atoms with Crippen LogP contribution in [0.1, 0.15) is 66.9 Å². The van der Waals surface area contributed by atoms with Crippen molar-refractivity contribution in [2.24, 2.45) is 0 Å². The highest BCUT2D eigenvalue weighted by atomic mass is 16.4. The quantitative estimate of drug-likeness (QED) is 0.867. The highest BCUT2D eigenvalue weighted by Gasteiger charge is 2.24. The summed E-state index contributed by atoms with van der Waals surface area (Å²) in [5.74, 6) is -0.975. The molecule has 0 aliphatic carbocycles. The Hall–Kier alpha value is -2.10. The van der Waals surface area contributed by atoms with Gasteiger partial charge in [0.1, 0.15) is 0 Å². The maximum Gasteiger partial charge on any atom is 0.335 e. The summed E-state index contributed by atoms with van der Waals surface area (Å²) in [6, 6.07) is 3.51. The molecule has 2 aromatic rings. The van der Waals surface area contributed by atoms with Crippen molar-refractivity contribution in [2.75, 3.05) is 0 Å². The molecule has 1 N–H and O–H groups in total. The lowest BCUT2D eigenvalue weighted by molar-refractivity contribution is 0.0696. The minimum atomic E-state index is -0.975. The molecule has 0 saturated carbocycles. The zero-order chi connectivity index (χ0) is 15.9. The molecule has 1 heterocycles. The van der Waals surface area contributed by atoms with Crippen LogP contribution in [0.2, 0.25) is 0 Å². The Labute approximate surface area is 124 Å². The van der Waals surface area contributed by atoms with Crippen molar-refractivity contribution >= 4 is 23.2 Å². The van der Waals surface area contributed by atoms with Gasteiger partial charge in [-0.3, -0.25) is 4.79 Å². The van der Waals surface area contributed by atoms with Gasteiger partial charge < -0.3 is 9.67 Å². The van der Waals surface area contributed by atoms with Crippen molar-refractivity contribution in [3.63, 3.8) is 0 Å². The summed E-state index contributed by atoms with van der Waals surface area (Å²) in [6.07, 6.45) is 2.60. The summed E-state index contributed by atoms with van der Waals surface area (Å²) in [5, 5.41) is 10.0. The average molecular weight is 287 g/mol. The van der Waals surface area contributed by atoms with Crippen LogP contribution in [0.4, 0.5) is 0 Å². The number of carbonyl (C=O) groups excluding carboxylic acids is 1. The second kappa shape index (κ2) is 5.02. The molecule has 1 aromatic carbocycles. The number of hydrogen-bond donors (Lipinski definition) is 1. The van der Waals surface area contributed by atoms with Crippen LogP contribution in [0.5, 0.6) is 0 Å². The minimum Gasteiger partial charge on any atom is -0.478 e. The van der Waals surface area contributed by atoms with Crippen molar-refractivity contribution in [1.29, 1.82) is 0 Å². The van der Waals surface area contributed by atoms with E-state index in [2.05, 4.69) is 0 Å². The summed E-state index contributed by atoms with van der Waals surface area (Å²) < 4.78 is 2.05. The molecule has 0 amide bonds. The van der Waals surface area contributed by atoms with Crippen molar-refractivity contribution < 1.29 is 14.7 Å². The van der Waals surface area contributed by atoms with Crippen LogP contribution in [0.3, 0.4) is 0 Å². The second-order valence-electron chi connectivity index (χ2n) is 6.68. The molecule has 0 fully saturated rings. The number of nitrogens with zero attached hydrogens (tertiary/aromatic N) is 1. The fraction of sp³-hybridized carbons (Fsp3) is 0.412. The predicted molar refractivity (Wildman–Crippen MR) is 83.4 cm³/mol. The lowest BCUT2D eigenvalue weighted by Gasteiger charge is -2.23. The predicted octanol–water partition coefficient (Wildman–Crippen LogP) is 4.03. The van der Waals surface area contributed by atoms with Gasteiger partial charge in [-0.25, -0.2) is 4.79 Å². The van der Waals surface area contributed by atoms with E-state index in [1.807, 2.05) is 45.4 Å². The van der Waals surface area contributed by atoms with Crippen molar-refractivity contribution in [1.82, 2.24) is 4.57 Å². The third-order valence-corrected chi connectivity index (χ3v) is 3.70. The highest BCUT2D eigenvalue weighted by Crippen LogP contribution is 2.35. The summed E-state index contributed by atoms with van der Waals surface area (Å²) >= 11 is 0. The van der Waals surface area contributed by atoms with Gasteiger partial charge in [-0.2, -0.15) is 0 Å². The topological polar surface area (TPSA) is 59.3 Å². The molecule has 0 atom stereocenters. The lowest BCUT2D eigenvalue weighted by Crippen LogP contribution is -2.15. The van der Waals surface area contributed by atoms with Gasteiger partial charge >= 0.3 is 5.97 Å². The number of aromatic nitrogens is 1. The van der Waals surface area contributed by atoms with E-state index in [-0.39, 0.29) is 17.0 Å². The molecule has 0 bridgehead atoms. The summed E-state index contributed by atoms with van der Waals surface area (Å²) in [7, 11) is 0. The Bertz CT molecular complexity index is 718. The van der Waals surface area contributed by atoms with Crippen molar-refractivity contribution in [3.8, 4) is 0 Å². The molecule has 0 radical (unpaired) electrons. The van der Waals surface area contributed by atoms with Gasteiger partial charge in [0.15, 0.2) is 6.29 Å². The van der Waals surface area contributed by atoms with E-state index in [1.54, 1.807) is 12.1 Å². The van der Waals surface area contributed by atoms with E-state index in [0.29, 0.717) is 10.9 Å². The van der Waals surface area contributed by atoms with E-state index in [1.165, 1.54) is 0 Å². The Morgan fingerprint density at radius 1 is 1.29 bits per heavy atom. The minimum absolute atomic E-state index is 0.193. The number of rotatable bonds is 3. The first-order valence-corrected chi connectivity index (χ1v) is 7.04. The zero-order valence-corrected chi connectivity index (χ0v) is 13.1. The van der Waals surface area contributed by atoms with Gasteiger partial charge in [0, 0.05) is 23.2 Å². The third-order valence-electron chi connectivity index (χ3n) is 3.70. The molecule has 112 valence electrons. The van der Waals surface area contributed by atoms with Gasteiger partial charge in [-0.15, -0.1) is 0 Å². The van der Waals surface area contributed by atoms with E-state index < -0.39 is 5.97 Å². The summed E-state index contributed by atoms with van der Waals surface area (Å²) in [4.78, 5) is 22.7. The fourth-order valence-electron chi connectivity index (χ4n) is 2.61. The van der Waals surface area contributed by atoms with Gasteiger partial charge in [0.2, 0.25) is 0 Å². The van der Waals surface area contributed by atoms with E-state index >= 15 is 0 Å². The van der Waals surface area contributed by atoms with Crippen LogP contribution in [0, 0.1) is 0 Å². The Balaban J connectivity index is 2.99. The van der Waals surface area contributed by atoms with Crippen LogP contribution >= 0.6 is 0 Å². The molecule has 0 unspecified atom stereocenters. The first-order valence-electron chi connectivity index (χ1n) is 7.04. The smallest absolute Gasteiger partial charge is 0.335 e. The summed E-state index contributed by atoms with van der Waals surface area (Å²) in [5.41, 5.74) is 2.43. The number of carboxylic acids is 1. The first-order chi connectivity index (χ1) is 9.66. The largest absolute Gasteiger partial charge is 0.478 e. The molecule has 4 nitrogen and oxygen atoms in total. The van der Waals surface area contributed by atoms with Gasteiger partial charge in [0.05, 0.1) is 11.1 Å². The molecular formula is C17H21NO3. The number of fused-ring (bicyclic) bond motifs is 1. The Kier molecular flexibility index (Phi) is 3.66.